The molecule has 0 radical (unpaired) electrons. The first-order valence-corrected chi connectivity index (χ1v) is 4.65. The van der Waals surface area contributed by atoms with Crippen LogP contribution < -0.4 is 10.1 Å². The third kappa shape index (κ3) is 2.88. The molecule has 1 N–H and O–H groups in total. The summed E-state index contributed by atoms with van der Waals surface area (Å²) in [6.07, 6.45) is 1.44. The van der Waals surface area contributed by atoms with E-state index in [1.807, 2.05) is 6.92 Å². The summed E-state index contributed by atoms with van der Waals surface area (Å²) >= 11 is 5.69. The number of nitrogens with zero attached hydrogens (tertiary/aromatic N) is 1. The Morgan fingerprint density at radius 2 is 2.43 bits per heavy atom. The number of hydrogen-bond donors (Lipinski definition) is 1. The molecule has 14 heavy (non-hydrogen) atoms. The lowest BCUT2D eigenvalue weighted by molar-refractivity contribution is -0.105. The van der Waals surface area contributed by atoms with E-state index in [4.69, 9.17) is 16.3 Å². The first-order chi connectivity index (χ1) is 6.77. The van der Waals surface area contributed by atoms with Crippen LogP contribution in [0.4, 0.5) is 5.69 Å². The molecule has 0 spiro atoms. The van der Waals surface area contributed by atoms with Crippen LogP contribution in [0, 0.1) is 0 Å². The molecular weight excluding hydrogens is 204 g/mol. The Kier molecular flexibility index (Phi) is 4.19. The lowest BCUT2D eigenvalue weighted by atomic mass is 10.4. The summed E-state index contributed by atoms with van der Waals surface area (Å²) in [6.45, 7) is 2.53. The highest BCUT2D eigenvalue weighted by Gasteiger charge is 2.05. The van der Waals surface area contributed by atoms with Crippen molar-refractivity contribution in [2.24, 2.45) is 0 Å². The van der Waals surface area contributed by atoms with E-state index in [2.05, 4.69) is 10.3 Å². The van der Waals surface area contributed by atoms with Gasteiger partial charge in [-0.05, 0) is 18.6 Å². The summed E-state index contributed by atoms with van der Waals surface area (Å²) in [5.74, 6) is 0.353. The number of ether oxygens (including phenoxy) is 1. The van der Waals surface area contributed by atoms with Crippen LogP contribution in [0.15, 0.2) is 12.1 Å². The van der Waals surface area contributed by atoms with Crippen LogP contribution in [0.1, 0.15) is 13.3 Å². The Bertz CT molecular complexity index is 318. The van der Waals surface area contributed by atoms with Gasteiger partial charge in [0.1, 0.15) is 10.8 Å². The summed E-state index contributed by atoms with van der Waals surface area (Å²) in [5, 5.41) is 2.83. The van der Waals surface area contributed by atoms with E-state index < -0.39 is 0 Å². The Balaban J connectivity index is 2.84. The maximum atomic E-state index is 10.3. The van der Waals surface area contributed by atoms with Crippen molar-refractivity contribution in [3.63, 3.8) is 0 Å². The van der Waals surface area contributed by atoms with Crippen molar-refractivity contribution in [2.45, 2.75) is 13.3 Å². The molecule has 0 aliphatic rings. The average molecular weight is 215 g/mol. The lowest BCUT2D eigenvalue weighted by Crippen LogP contribution is -2.03. The summed E-state index contributed by atoms with van der Waals surface area (Å²) in [7, 11) is 0. The molecule has 1 aromatic heterocycles. The summed E-state index contributed by atoms with van der Waals surface area (Å²) in [6, 6.07) is 3.24. The number of anilines is 1. The largest absolute Gasteiger partial charge is 0.476 e. The van der Waals surface area contributed by atoms with Crippen LogP contribution >= 0.6 is 11.6 Å². The van der Waals surface area contributed by atoms with Gasteiger partial charge < -0.3 is 10.1 Å². The van der Waals surface area contributed by atoms with Crippen molar-refractivity contribution in [3.05, 3.63) is 17.3 Å². The molecule has 1 rings (SSSR count). The number of pyridine rings is 1. The Hall–Kier alpha value is -1.29. The van der Waals surface area contributed by atoms with Crippen molar-refractivity contribution in [1.29, 1.82) is 0 Å². The minimum atomic E-state index is 0.340. The van der Waals surface area contributed by atoms with E-state index in [1.54, 1.807) is 12.1 Å². The minimum Gasteiger partial charge on any atom is -0.476 e. The average Bonchev–Trinajstić information content (AvgIpc) is 2.18. The van der Waals surface area contributed by atoms with Crippen molar-refractivity contribution in [2.75, 3.05) is 11.9 Å². The van der Waals surface area contributed by atoms with Gasteiger partial charge in [0, 0.05) is 0 Å². The van der Waals surface area contributed by atoms with Crippen LogP contribution in [0.3, 0.4) is 0 Å². The summed E-state index contributed by atoms with van der Waals surface area (Å²) in [4.78, 5) is 14.2. The van der Waals surface area contributed by atoms with Crippen molar-refractivity contribution in [3.8, 4) is 5.88 Å². The van der Waals surface area contributed by atoms with Gasteiger partial charge in [0.05, 0.1) is 6.61 Å². The third-order valence-electron chi connectivity index (χ3n) is 1.48. The Labute approximate surface area is 87.2 Å². The zero-order valence-electron chi connectivity index (χ0n) is 7.79. The second-order valence-corrected chi connectivity index (χ2v) is 2.98. The predicted octanol–water partition coefficient (Wildman–Crippen LogP) is 2.09. The number of halogens is 1. The van der Waals surface area contributed by atoms with E-state index in [1.165, 1.54) is 0 Å². The molecule has 76 valence electrons. The first kappa shape index (κ1) is 10.8. The minimum absolute atomic E-state index is 0.340. The number of nitrogens with one attached hydrogen (secondary N) is 1. The van der Waals surface area contributed by atoms with E-state index in [9.17, 15) is 4.79 Å². The van der Waals surface area contributed by atoms with Crippen LogP contribution in [0.5, 0.6) is 5.88 Å². The van der Waals surface area contributed by atoms with Gasteiger partial charge >= 0.3 is 0 Å². The zero-order valence-corrected chi connectivity index (χ0v) is 8.54. The van der Waals surface area contributed by atoms with E-state index in [-0.39, 0.29) is 0 Å². The van der Waals surface area contributed by atoms with Crippen molar-refractivity contribution < 1.29 is 9.53 Å². The fourth-order valence-corrected chi connectivity index (χ4v) is 1.04. The fraction of sp³-hybridized carbons (Fsp3) is 0.333. The normalized spacial score (nSPS) is 9.57. The molecule has 0 aromatic carbocycles. The maximum absolute atomic E-state index is 10.3. The highest BCUT2D eigenvalue weighted by Crippen LogP contribution is 2.23. The van der Waals surface area contributed by atoms with Crippen LogP contribution in [-0.4, -0.2) is 18.0 Å². The molecular formula is C9H11ClN2O2. The molecule has 0 unspecified atom stereocenters. The van der Waals surface area contributed by atoms with Crippen molar-refractivity contribution >= 4 is 23.7 Å². The number of amides is 1. The van der Waals surface area contributed by atoms with E-state index in [0.29, 0.717) is 29.7 Å². The summed E-state index contributed by atoms with van der Waals surface area (Å²) < 4.78 is 5.30. The molecule has 0 saturated heterocycles. The van der Waals surface area contributed by atoms with Gasteiger partial charge in [-0.15, -0.1) is 0 Å². The smallest absolute Gasteiger partial charge is 0.239 e. The van der Waals surface area contributed by atoms with Crippen LogP contribution in [-0.2, 0) is 4.79 Å². The first-order valence-electron chi connectivity index (χ1n) is 4.27. The maximum Gasteiger partial charge on any atom is 0.239 e. The highest BCUT2D eigenvalue weighted by atomic mass is 35.5. The van der Waals surface area contributed by atoms with Gasteiger partial charge in [-0.25, -0.2) is 0 Å². The number of hydrogen-bond acceptors (Lipinski definition) is 3. The monoisotopic (exact) mass is 214 g/mol. The number of aromatic nitrogens is 1. The third-order valence-corrected chi connectivity index (χ3v) is 1.69. The second kappa shape index (κ2) is 5.44. The molecule has 1 aromatic rings. The second-order valence-electron chi connectivity index (χ2n) is 2.60. The van der Waals surface area contributed by atoms with Gasteiger partial charge in [-0.2, -0.15) is 4.98 Å². The van der Waals surface area contributed by atoms with Crippen molar-refractivity contribution in [1.82, 2.24) is 4.98 Å². The quantitative estimate of drug-likeness (QED) is 0.603. The van der Waals surface area contributed by atoms with E-state index in [0.717, 1.165) is 6.42 Å². The lowest BCUT2D eigenvalue weighted by Gasteiger charge is -2.08. The highest BCUT2D eigenvalue weighted by molar-refractivity contribution is 6.29. The number of carbonyl (C=O) groups excluding carboxylic acids is 1. The topological polar surface area (TPSA) is 51.2 Å². The van der Waals surface area contributed by atoms with Gasteiger partial charge in [0.15, 0.2) is 0 Å². The molecule has 0 bridgehead atoms. The SMILES string of the molecule is CCCOc1nc(Cl)ccc1NC=O. The van der Waals surface area contributed by atoms with Crippen LogP contribution in [0.2, 0.25) is 5.15 Å². The fourth-order valence-electron chi connectivity index (χ4n) is 0.900. The van der Waals surface area contributed by atoms with E-state index >= 15 is 0 Å². The Morgan fingerprint density at radius 3 is 3.07 bits per heavy atom. The summed E-state index contributed by atoms with van der Waals surface area (Å²) in [5.41, 5.74) is 0.526. The molecule has 1 heterocycles. The number of rotatable bonds is 5. The van der Waals surface area contributed by atoms with Gasteiger partial charge in [-0.1, -0.05) is 18.5 Å². The molecule has 0 aliphatic carbocycles. The van der Waals surface area contributed by atoms with Crippen LogP contribution in [0.25, 0.3) is 0 Å². The zero-order chi connectivity index (χ0) is 10.4. The van der Waals surface area contributed by atoms with Gasteiger partial charge in [0.2, 0.25) is 12.3 Å². The van der Waals surface area contributed by atoms with Gasteiger partial charge in [0.25, 0.3) is 0 Å². The molecule has 0 fully saturated rings. The predicted molar refractivity (Wildman–Crippen MR) is 54.7 cm³/mol. The Morgan fingerprint density at radius 1 is 1.64 bits per heavy atom. The molecule has 4 nitrogen and oxygen atoms in total. The number of carbonyl (C=O) groups is 1. The van der Waals surface area contributed by atoms with Gasteiger partial charge in [-0.3, -0.25) is 4.79 Å². The molecule has 1 amide bonds. The molecule has 5 heteroatoms. The molecule has 0 aliphatic heterocycles. The standard InChI is InChI=1S/C9H11ClN2O2/c1-2-5-14-9-7(11-6-13)3-4-8(10)12-9/h3-4,6H,2,5H2,1H3,(H,11,13). The molecule has 0 atom stereocenters. The molecule has 0 saturated carbocycles.